The van der Waals surface area contributed by atoms with Crippen LogP contribution in [-0.2, 0) is 13.2 Å². The molecule has 7 nitrogen and oxygen atoms in total. The lowest BCUT2D eigenvalue weighted by Gasteiger charge is -2.48. The molecule has 1 aromatic carbocycles. The number of thiazole rings is 1. The molecule has 2 saturated heterocycles. The predicted molar refractivity (Wildman–Crippen MR) is 131 cm³/mol. The van der Waals surface area contributed by atoms with E-state index in [9.17, 15) is 4.79 Å². The number of pyridine rings is 1. The SMILES string of the molecule is O=C(c1cscn1)N1CCN(C2CN(Cc3ccc(OCc4cccc(Br)n4)cc3)C2)CC1. The second kappa shape index (κ2) is 10.3. The van der Waals surface area contributed by atoms with Crippen LogP contribution in [0.2, 0.25) is 0 Å². The lowest BCUT2D eigenvalue weighted by molar-refractivity contribution is 0.00247. The van der Waals surface area contributed by atoms with Gasteiger partial charge in [0.25, 0.3) is 5.91 Å². The summed E-state index contributed by atoms with van der Waals surface area (Å²) in [5.41, 5.74) is 4.48. The molecule has 172 valence electrons. The van der Waals surface area contributed by atoms with Gasteiger partial charge in [-0.05, 0) is 45.8 Å². The van der Waals surface area contributed by atoms with Crippen LogP contribution in [0.3, 0.4) is 0 Å². The molecule has 2 fully saturated rings. The van der Waals surface area contributed by atoms with Crippen LogP contribution < -0.4 is 4.74 Å². The number of ether oxygens (including phenoxy) is 1. The fourth-order valence-electron chi connectivity index (χ4n) is 4.31. The molecule has 0 bridgehead atoms. The molecule has 0 unspecified atom stereocenters. The number of amides is 1. The van der Waals surface area contributed by atoms with Crippen molar-refractivity contribution in [2.75, 3.05) is 39.3 Å². The lowest BCUT2D eigenvalue weighted by Crippen LogP contribution is -2.63. The maximum atomic E-state index is 12.5. The van der Waals surface area contributed by atoms with Crippen molar-refractivity contribution in [1.29, 1.82) is 0 Å². The van der Waals surface area contributed by atoms with Crippen LogP contribution in [0.1, 0.15) is 21.7 Å². The van der Waals surface area contributed by atoms with Crippen molar-refractivity contribution in [2.24, 2.45) is 0 Å². The van der Waals surface area contributed by atoms with Gasteiger partial charge >= 0.3 is 0 Å². The third-order valence-corrected chi connectivity index (χ3v) is 7.22. The molecule has 9 heteroatoms. The lowest BCUT2D eigenvalue weighted by atomic mass is 10.0. The summed E-state index contributed by atoms with van der Waals surface area (Å²) < 4.78 is 6.68. The van der Waals surface area contributed by atoms with Gasteiger partial charge in [0.1, 0.15) is 22.7 Å². The first kappa shape index (κ1) is 22.5. The topological polar surface area (TPSA) is 61.8 Å². The highest BCUT2D eigenvalue weighted by Gasteiger charge is 2.34. The Hall–Kier alpha value is -2.33. The van der Waals surface area contributed by atoms with E-state index < -0.39 is 0 Å². The zero-order chi connectivity index (χ0) is 22.6. The van der Waals surface area contributed by atoms with Crippen molar-refractivity contribution in [2.45, 2.75) is 19.2 Å². The molecule has 1 amide bonds. The van der Waals surface area contributed by atoms with E-state index in [1.165, 1.54) is 16.9 Å². The Labute approximate surface area is 206 Å². The van der Waals surface area contributed by atoms with E-state index in [1.54, 1.807) is 5.51 Å². The van der Waals surface area contributed by atoms with Crippen LogP contribution in [0.4, 0.5) is 0 Å². The Bertz CT molecular complexity index is 1060. The predicted octanol–water partition coefficient (Wildman–Crippen LogP) is 3.52. The van der Waals surface area contributed by atoms with Gasteiger partial charge in [-0.25, -0.2) is 9.97 Å². The molecular weight excluding hydrogens is 502 g/mol. The zero-order valence-electron chi connectivity index (χ0n) is 18.3. The molecule has 0 N–H and O–H groups in total. The fraction of sp³-hybridized carbons (Fsp3) is 0.375. The number of carbonyl (C=O) groups excluding carboxylic acids is 1. The Kier molecular flexibility index (Phi) is 7.01. The van der Waals surface area contributed by atoms with Gasteiger partial charge < -0.3 is 9.64 Å². The highest BCUT2D eigenvalue weighted by Crippen LogP contribution is 2.22. The maximum absolute atomic E-state index is 12.5. The van der Waals surface area contributed by atoms with Crippen molar-refractivity contribution in [3.8, 4) is 5.75 Å². The summed E-state index contributed by atoms with van der Waals surface area (Å²) in [5, 5.41) is 1.83. The molecule has 0 radical (unpaired) electrons. The summed E-state index contributed by atoms with van der Waals surface area (Å²) in [6, 6.07) is 14.7. The summed E-state index contributed by atoms with van der Waals surface area (Å²) in [6.07, 6.45) is 0. The molecule has 0 saturated carbocycles. The summed E-state index contributed by atoms with van der Waals surface area (Å²) in [6.45, 7) is 7.00. The van der Waals surface area contributed by atoms with Crippen molar-refractivity contribution in [3.05, 3.63) is 74.9 Å². The third-order valence-electron chi connectivity index (χ3n) is 6.20. The Balaban J connectivity index is 1.03. The van der Waals surface area contributed by atoms with Crippen molar-refractivity contribution >= 4 is 33.2 Å². The van der Waals surface area contributed by atoms with Crippen LogP contribution in [0, 0.1) is 0 Å². The minimum absolute atomic E-state index is 0.0615. The molecule has 2 aromatic heterocycles. The molecule has 33 heavy (non-hydrogen) atoms. The van der Waals surface area contributed by atoms with Crippen LogP contribution >= 0.6 is 27.3 Å². The summed E-state index contributed by atoms with van der Waals surface area (Å²) in [4.78, 5) is 27.9. The van der Waals surface area contributed by atoms with E-state index in [-0.39, 0.29) is 5.91 Å². The standard InChI is InChI=1S/C24H26BrN5O2S/c25-23-3-1-2-19(27-23)15-32-21-6-4-18(5-7-21)12-28-13-20(14-28)29-8-10-30(11-9-29)24(31)22-16-33-17-26-22/h1-7,16-17,20H,8-15H2. The molecule has 4 heterocycles. The molecule has 0 spiro atoms. The van der Waals surface area contributed by atoms with E-state index in [4.69, 9.17) is 4.74 Å². The van der Waals surface area contributed by atoms with Gasteiger partial charge in [-0.2, -0.15) is 0 Å². The van der Waals surface area contributed by atoms with Gasteiger partial charge in [-0.15, -0.1) is 11.3 Å². The van der Waals surface area contributed by atoms with Crippen LogP contribution in [0.15, 0.2) is 58.0 Å². The normalized spacial score (nSPS) is 17.7. The number of rotatable bonds is 7. The van der Waals surface area contributed by atoms with E-state index in [0.29, 0.717) is 18.3 Å². The smallest absolute Gasteiger partial charge is 0.273 e. The number of aromatic nitrogens is 2. The maximum Gasteiger partial charge on any atom is 0.273 e. The number of nitrogens with zero attached hydrogens (tertiary/aromatic N) is 5. The van der Waals surface area contributed by atoms with Gasteiger partial charge in [0, 0.05) is 57.2 Å². The third kappa shape index (κ3) is 5.60. The minimum atomic E-state index is 0.0615. The van der Waals surface area contributed by atoms with E-state index >= 15 is 0 Å². The Morgan fingerprint density at radius 1 is 1.09 bits per heavy atom. The zero-order valence-corrected chi connectivity index (χ0v) is 20.7. The Morgan fingerprint density at radius 2 is 1.88 bits per heavy atom. The number of piperazine rings is 1. The molecule has 0 atom stereocenters. The largest absolute Gasteiger partial charge is 0.487 e. The average Bonchev–Trinajstić information content (AvgIpc) is 3.35. The number of hydrogen-bond donors (Lipinski definition) is 0. The quantitative estimate of drug-likeness (QED) is 0.438. The van der Waals surface area contributed by atoms with Crippen LogP contribution in [0.25, 0.3) is 0 Å². The summed E-state index contributed by atoms with van der Waals surface area (Å²) in [5.74, 6) is 0.915. The number of halogens is 1. The van der Waals surface area contributed by atoms with Gasteiger partial charge in [-0.1, -0.05) is 18.2 Å². The van der Waals surface area contributed by atoms with Gasteiger partial charge in [-0.3, -0.25) is 14.6 Å². The van der Waals surface area contributed by atoms with Gasteiger partial charge in [0.05, 0.1) is 11.2 Å². The van der Waals surface area contributed by atoms with Crippen molar-refractivity contribution < 1.29 is 9.53 Å². The monoisotopic (exact) mass is 527 g/mol. The minimum Gasteiger partial charge on any atom is -0.487 e. The summed E-state index contributed by atoms with van der Waals surface area (Å²) in [7, 11) is 0. The summed E-state index contributed by atoms with van der Waals surface area (Å²) >= 11 is 4.85. The highest BCUT2D eigenvalue weighted by atomic mass is 79.9. The van der Waals surface area contributed by atoms with Crippen LogP contribution in [-0.4, -0.2) is 75.9 Å². The molecule has 2 aliphatic rings. The first-order valence-corrected chi connectivity index (χ1v) is 12.8. The van der Waals surface area contributed by atoms with Crippen molar-refractivity contribution in [3.63, 3.8) is 0 Å². The molecule has 2 aliphatic heterocycles. The number of likely N-dealkylation sites (tertiary alicyclic amines) is 1. The van der Waals surface area contributed by atoms with E-state index in [1.807, 2.05) is 40.6 Å². The average molecular weight is 528 g/mol. The van der Waals surface area contributed by atoms with E-state index in [0.717, 1.165) is 61.9 Å². The number of hydrogen-bond acceptors (Lipinski definition) is 7. The van der Waals surface area contributed by atoms with Crippen LogP contribution in [0.5, 0.6) is 5.75 Å². The molecule has 0 aliphatic carbocycles. The first-order chi connectivity index (χ1) is 16.1. The van der Waals surface area contributed by atoms with Crippen molar-refractivity contribution in [1.82, 2.24) is 24.7 Å². The fourth-order valence-corrected chi connectivity index (χ4v) is 5.22. The van der Waals surface area contributed by atoms with Gasteiger partial charge in [0.2, 0.25) is 0 Å². The molecule has 5 rings (SSSR count). The number of benzene rings is 1. The second-order valence-electron chi connectivity index (χ2n) is 8.43. The molecule has 3 aromatic rings. The molecular formula is C24H26BrN5O2S. The second-order valence-corrected chi connectivity index (χ2v) is 9.97. The highest BCUT2D eigenvalue weighted by molar-refractivity contribution is 9.10. The first-order valence-electron chi connectivity index (χ1n) is 11.1. The Morgan fingerprint density at radius 3 is 2.58 bits per heavy atom. The van der Waals surface area contributed by atoms with Gasteiger partial charge in [0.15, 0.2) is 0 Å². The van der Waals surface area contributed by atoms with E-state index in [2.05, 4.69) is 47.8 Å². The number of carbonyl (C=O) groups is 1.